The number of aryl methyl sites for hydroxylation is 1. The maximum absolute atomic E-state index is 10.5. The van der Waals surface area contributed by atoms with Crippen LogP contribution in [0.2, 0.25) is 5.02 Å². The average molecular weight is 240 g/mol. The number of hydrogen-bond acceptors (Lipinski definition) is 2. The standard InChI is InChI=1S/C12H14ClNO2/c1-7-2-4-10(13)9-6-8(14-12(7)9)3-5-11(15)16/h2,4,8,14H,3,5-6H2,1H3,(H,15,16). The van der Waals surface area contributed by atoms with Crippen molar-refractivity contribution >= 4 is 23.3 Å². The number of carboxylic acid groups (broad SMARTS) is 1. The molecule has 0 saturated carbocycles. The number of rotatable bonds is 3. The van der Waals surface area contributed by atoms with Crippen LogP contribution in [0.3, 0.4) is 0 Å². The van der Waals surface area contributed by atoms with E-state index < -0.39 is 5.97 Å². The highest BCUT2D eigenvalue weighted by Crippen LogP contribution is 2.35. The normalized spacial score (nSPS) is 18.0. The van der Waals surface area contributed by atoms with E-state index in [0.29, 0.717) is 6.42 Å². The van der Waals surface area contributed by atoms with Gasteiger partial charge >= 0.3 is 5.97 Å². The first kappa shape index (κ1) is 11.3. The van der Waals surface area contributed by atoms with Crippen molar-refractivity contribution in [1.29, 1.82) is 0 Å². The number of carbonyl (C=O) groups is 1. The van der Waals surface area contributed by atoms with E-state index in [2.05, 4.69) is 5.32 Å². The first-order valence-electron chi connectivity index (χ1n) is 5.34. The molecule has 3 nitrogen and oxygen atoms in total. The van der Waals surface area contributed by atoms with Gasteiger partial charge in [-0.25, -0.2) is 0 Å². The Morgan fingerprint density at radius 2 is 2.38 bits per heavy atom. The highest BCUT2D eigenvalue weighted by molar-refractivity contribution is 6.31. The van der Waals surface area contributed by atoms with Gasteiger partial charge in [-0.2, -0.15) is 0 Å². The summed E-state index contributed by atoms with van der Waals surface area (Å²) in [6.07, 6.45) is 1.66. The number of carboxylic acids is 1. The van der Waals surface area contributed by atoms with Gasteiger partial charge in [0.25, 0.3) is 0 Å². The summed E-state index contributed by atoms with van der Waals surface area (Å²) in [4.78, 5) is 10.5. The second-order valence-electron chi connectivity index (χ2n) is 4.20. The minimum absolute atomic E-state index is 0.197. The maximum Gasteiger partial charge on any atom is 0.303 e. The van der Waals surface area contributed by atoms with Crippen LogP contribution in [0.25, 0.3) is 0 Å². The summed E-state index contributed by atoms with van der Waals surface area (Å²) in [7, 11) is 0. The van der Waals surface area contributed by atoms with Crippen LogP contribution >= 0.6 is 11.6 Å². The van der Waals surface area contributed by atoms with Gasteiger partial charge in [0.1, 0.15) is 0 Å². The van der Waals surface area contributed by atoms with Crippen LogP contribution in [-0.4, -0.2) is 17.1 Å². The zero-order chi connectivity index (χ0) is 11.7. The highest BCUT2D eigenvalue weighted by Gasteiger charge is 2.24. The molecule has 1 heterocycles. The molecule has 4 heteroatoms. The lowest BCUT2D eigenvalue weighted by Gasteiger charge is -2.10. The van der Waals surface area contributed by atoms with E-state index in [1.54, 1.807) is 0 Å². The van der Waals surface area contributed by atoms with Gasteiger partial charge in [-0.05, 0) is 37.0 Å². The SMILES string of the molecule is Cc1ccc(Cl)c2c1NC(CCC(=O)O)C2. The van der Waals surface area contributed by atoms with Crippen molar-refractivity contribution in [3.05, 3.63) is 28.3 Å². The van der Waals surface area contributed by atoms with Gasteiger partial charge in [0.05, 0.1) is 0 Å². The van der Waals surface area contributed by atoms with Crippen molar-refractivity contribution in [3.8, 4) is 0 Å². The van der Waals surface area contributed by atoms with E-state index in [1.165, 1.54) is 0 Å². The van der Waals surface area contributed by atoms with E-state index in [-0.39, 0.29) is 12.5 Å². The van der Waals surface area contributed by atoms with E-state index in [4.69, 9.17) is 16.7 Å². The van der Waals surface area contributed by atoms with Crippen molar-refractivity contribution in [2.75, 3.05) is 5.32 Å². The molecule has 0 aliphatic carbocycles. The molecule has 1 unspecified atom stereocenters. The van der Waals surface area contributed by atoms with Crippen LogP contribution in [0.4, 0.5) is 5.69 Å². The molecule has 16 heavy (non-hydrogen) atoms. The van der Waals surface area contributed by atoms with Crippen molar-refractivity contribution in [2.24, 2.45) is 0 Å². The summed E-state index contributed by atoms with van der Waals surface area (Å²) in [5.74, 6) is -0.749. The molecule has 2 N–H and O–H groups in total. The van der Waals surface area contributed by atoms with Crippen molar-refractivity contribution in [1.82, 2.24) is 0 Å². The lowest BCUT2D eigenvalue weighted by molar-refractivity contribution is -0.137. The third-order valence-corrected chi connectivity index (χ3v) is 3.32. The van der Waals surface area contributed by atoms with Gasteiger partial charge in [-0.1, -0.05) is 17.7 Å². The molecule has 1 aliphatic rings. The monoisotopic (exact) mass is 239 g/mol. The quantitative estimate of drug-likeness (QED) is 0.853. The first-order valence-corrected chi connectivity index (χ1v) is 5.72. The Bertz CT molecular complexity index is 400. The van der Waals surface area contributed by atoms with Gasteiger partial charge in [-0.15, -0.1) is 0 Å². The Morgan fingerprint density at radius 3 is 3.00 bits per heavy atom. The fraction of sp³-hybridized carbons (Fsp3) is 0.417. The smallest absolute Gasteiger partial charge is 0.303 e. The van der Waals surface area contributed by atoms with E-state index in [0.717, 1.165) is 28.3 Å². The van der Waals surface area contributed by atoms with Crippen LogP contribution in [-0.2, 0) is 11.2 Å². The average Bonchev–Trinajstić information content (AvgIpc) is 2.66. The van der Waals surface area contributed by atoms with Gasteiger partial charge in [0.2, 0.25) is 0 Å². The van der Waals surface area contributed by atoms with Crippen molar-refractivity contribution in [3.63, 3.8) is 0 Å². The van der Waals surface area contributed by atoms with Crippen LogP contribution in [0, 0.1) is 6.92 Å². The molecule has 0 spiro atoms. The van der Waals surface area contributed by atoms with Crippen LogP contribution in [0.1, 0.15) is 24.0 Å². The number of aliphatic carboxylic acids is 1. The number of anilines is 1. The first-order chi connectivity index (χ1) is 7.58. The third kappa shape index (κ3) is 2.14. The molecule has 1 aromatic rings. The predicted molar refractivity (Wildman–Crippen MR) is 64.2 cm³/mol. The summed E-state index contributed by atoms with van der Waals surface area (Å²) in [5.41, 5.74) is 3.37. The molecule has 0 aromatic heterocycles. The van der Waals surface area contributed by atoms with E-state index in [9.17, 15) is 4.79 Å². The molecular formula is C12H14ClNO2. The summed E-state index contributed by atoms with van der Waals surface area (Å²) < 4.78 is 0. The molecule has 0 amide bonds. The van der Waals surface area contributed by atoms with E-state index >= 15 is 0 Å². The largest absolute Gasteiger partial charge is 0.481 e. The minimum Gasteiger partial charge on any atom is -0.481 e. The molecular weight excluding hydrogens is 226 g/mol. The molecule has 1 aliphatic heterocycles. The van der Waals surface area contributed by atoms with Crippen molar-refractivity contribution < 1.29 is 9.90 Å². The Balaban J connectivity index is 2.11. The zero-order valence-electron chi connectivity index (χ0n) is 9.09. The number of nitrogens with one attached hydrogen (secondary N) is 1. The predicted octanol–water partition coefficient (Wildman–Crippen LogP) is 2.85. The van der Waals surface area contributed by atoms with Gasteiger partial charge in [-0.3, -0.25) is 4.79 Å². The summed E-state index contributed by atoms with van der Waals surface area (Å²) >= 11 is 6.11. The molecule has 0 fully saturated rings. The molecule has 1 atom stereocenters. The minimum atomic E-state index is -0.749. The van der Waals surface area contributed by atoms with Crippen molar-refractivity contribution in [2.45, 2.75) is 32.2 Å². The fourth-order valence-electron chi connectivity index (χ4n) is 2.11. The number of fused-ring (bicyclic) bond motifs is 1. The van der Waals surface area contributed by atoms with Gasteiger partial charge < -0.3 is 10.4 Å². The molecule has 0 bridgehead atoms. The summed E-state index contributed by atoms with van der Waals surface area (Å²) in [6, 6.07) is 4.08. The fourth-order valence-corrected chi connectivity index (χ4v) is 2.35. The second kappa shape index (κ2) is 4.34. The lowest BCUT2D eigenvalue weighted by atomic mass is 10.0. The molecule has 0 radical (unpaired) electrons. The van der Waals surface area contributed by atoms with E-state index in [1.807, 2.05) is 19.1 Å². The van der Waals surface area contributed by atoms with Gasteiger partial charge in [0.15, 0.2) is 0 Å². The van der Waals surface area contributed by atoms with Crippen LogP contribution in [0.5, 0.6) is 0 Å². The topological polar surface area (TPSA) is 49.3 Å². The highest BCUT2D eigenvalue weighted by atomic mass is 35.5. The summed E-state index contributed by atoms with van der Waals surface area (Å²) in [6.45, 7) is 2.03. The Kier molecular flexibility index (Phi) is 3.06. The Hall–Kier alpha value is -1.22. The molecule has 1 aromatic carbocycles. The number of halogens is 1. The van der Waals surface area contributed by atoms with Crippen LogP contribution in [0.15, 0.2) is 12.1 Å². The summed E-state index contributed by atoms with van der Waals surface area (Å²) in [5, 5.41) is 12.8. The molecule has 2 rings (SSSR count). The second-order valence-corrected chi connectivity index (χ2v) is 4.60. The van der Waals surface area contributed by atoms with Gasteiger partial charge in [0, 0.05) is 23.2 Å². The number of benzene rings is 1. The Labute approximate surface area is 99.4 Å². The third-order valence-electron chi connectivity index (χ3n) is 2.97. The number of hydrogen-bond donors (Lipinski definition) is 2. The molecule has 86 valence electrons. The molecule has 0 saturated heterocycles. The van der Waals surface area contributed by atoms with Crippen LogP contribution < -0.4 is 5.32 Å². The maximum atomic E-state index is 10.5. The lowest BCUT2D eigenvalue weighted by Crippen LogP contribution is -2.16. The Morgan fingerprint density at radius 1 is 1.62 bits per heavy atom. The zero-order valence-corrected chi connectivity index (χ0v) is 9.84.